The molecule has 20 aromatic rings. The molecule has 0 aliphatic rings. The van der Waals surface area contributed by atoms with Gasteiger partial charge in [0.2, 0.25) is 0 Å². The van der Waals surface area contributed by atoms with Crippen LogP contribution in [0.1, 0.15) is 77.9 Å². The fraction of sp³-hybridized carbons (Fsp3) is 0.0847. The molecule has 0 aromatic heterocycles. The first-order valence-corrected chi connectivity index (χ1v) is 42.8. The van der Waals surface area contributed by atoms with Crippen LogP contribution >= 0.6 is 0 Å². The van der Waals surface area contributed by atoms with Gasteiger partial charge >= 0.3 is 0 Å². The Morgan fingerprint density at radius 2 is 0.452 bits per heavy atom. The summed E-state index contributed by atoms with van der Waals surface area (Å²) in [7, 11) is 0. The van der Waals surface area contributed by atoms with Crippen molar-refractivity contribution in [3.63, 3.8) is 0 Å². The van der Waals surface area contributed by atoms with E-state index in [0.717, 1.165) is 227 Å². The van der Waals surface area contributed by atoms with E-state index in [1.807, 2.05) is 48.5 Å². The number of rotatable bonds is 17. The Bertz CT molecular complexity index is 7910. The van der Waals surface area contributed by atoms with Crippen molar-refractivity contribution in [2.75, 3.05) is 19.6 Å². The van der Waals surface area contributed by atoms with Gasteiger partial charge in [-0.3, -0.25) is 0 Å². The molecule has 0 heterocycles. The fourth-order valence-electron chi connectivity index (χ4n) is 18.9. The normalized spacial score (nSPS) is 11.4. The van der Waals surface area contributed by atoms with Crippen LogP contribution in [0.2, 0.25) is 0 Å². The van der Waals surface area contributed by atoms with E-state index in [1.165, 1.54) is 16.7 Å². The van der Waals surface area contributed by atoms with E-state index in [0.29, 0.717) is 22.3 Å². The zero-order valence-electron chi connectivity index (χ0n) is 71.9. The molecule has 598 valence electrons. The second-order valence-electron chi connectivity index (χ2n) is 34.0. The second kappa shape index (κ2) is 31.6. The minimum atomic E-state index is 0.578. The van der Waals surface area contributed by atoms with Gasteiger partial charge in [0, 0.05) is 88.6 Å². The van der Waals surface area contributed by atoms with Crippen molar-refractivity contribution in [2.45, 2.75) is 69.2 Å². The summed E-state index contributed by atoms with van der Waals surface area (Å²) in [5.41, 5.74) is 35.9. The van der Waals surface area contributed by atoms with E-state index in [2.05, 4.69) is 404 Å². The lowest BCUT2D eigenvalue weighted by Gasteiger charge is -2.32. The summed E-state index contributed by atoms with van der Waals surface area (Å²) in [4.78, 5) is 9.74. The van der Waals surface area contributed by atoms with Gasteiger partial charge in [0.1, 0.15) is 0 Å². The van der Waals surface area contributed by atoms with Crippen LogP contribution in [0.15, 0.2) is 340 Å². The van der Waals surface area contributed by atoms with Gasteiger partial charge in [0.15, 0.2) is 0 Å². The molecule has 0 atom stereocenters. The molecule has 0 saturated carbocycles. The number of hydrogen-bond donors (Lipinski definition) is 0. The number of nitriles is 4. The van der Waals surface area contributed by atoms with Crippen LogP contribution in [0.25, 0.3) is 120 Å². The molecule has 0 bridgehead atoms. The summed E-state index contributed by atoms with van der Waals surface area (Å²) < 4.78 is 0. The van der Waals surface area contributed by atoms with Crippen LogP contribution in [-0.4, -0.2) is 0 Å². The molecule has 0 radical (unpaired) electrons. The molecule has 0 saturated heterocycles. The SMILES string of the molecule is Cc1ccc(N(c2ccc(C)cc2)c2cc(-c3ccc(C#N)cc3)c3ccc4c(N(c5ccc(C)cc5)c5ccc(C)c(-c6cc(C)cc(N(c7ccc(C)c(C)c7)c7cc(-c8ccc(C#N)cc8)c8ccc9c(N(c%10cccc(C)c%10)c%10ccc(C)c(C)c%10)cc(-c%10ccc(C#N)cc%10)c%10ccc7c8c%109)c6)c5)cc(-c5ccc(C#N)cc5)c5ccc2c3c54)cc1. The van der Waals surface area contributed by atoms with Crippen molar-refractivity contribution in [1.29, 1.82) is 21.0 Å². The van der Waals surface area contributed by atoms with E-state index >= 15 is 0 Å². The highest BCUT2D eigenvalue weighted by atomic mass is 15.2. The first-order valence-electron chi connectivity index (χ1n) is 42.8. The number of hydrogen-bond acceptors (Lipinski definition) is 8. The largest absolute Gasteiger partial charge is 0.310 e. The Morgan fingerprint density at radius 1 is 0.175 bits per heavy atom. The molecule has 0 unspecified atom stereocenters. The topological polar surface area (TPSA) is 108 Å². The lowest BCUT2D eigenvalue weighted by atomic mass is 9.85. The van der Waals surface area contributed by atoms with Gasteiger partial charge in [-0.2, -0.15) is 21.0 Å². The Labute approximate surface area is 735 Å². The summed E-state index contributed by atoms with van der Waals surface area (Å²) in [6, 6.07) is 132. The fourth-order valence-corrected chi connectivity index (χ4v) is 18.9. The zero-order valence-corrected chi connectivity index (χ0v) is 71.9. The lowest BCUT2D eigenvalue weighted by Crippen LogP contribution is -2.13. The van der Waals surface area contributed by atoms with Gasteiger partial charge < -0.3 is 19.6 Å². The van der Waals surface area contributed by atoms with Gasteiger partial charge in [-0.05, 0) is 355 Å². The molecule has 8 heteroatoms. The summed E-state index contributed by atoms with van der Waals surface area (Å²) in [6.45, 7) is 21.7. The predicted octanol–water partition coefficient (Wildman–Crippen LogP) is 32.3. The third-order valence-corrected chi connectivity index (χ3v) is 25.7. The minimum absolute atomic E-state index is 0.578. The molecule has 0 fully saturated rings. The zero-order chi connectivity index (χ0) is 86.4. The standard InChI is InChI=1S/C118H86N8/c1-71-14-39-90(40-15-71)123(91-41-16-72(2)17-42-91)111-63-107(85-31-23-81(67-119)24-32-85)98-49-53-103-112(64-108(86-33-25-82(68-120)26-34-86)99-48-52-102(111)115(98)116(99)103)124(92-43-18-73(3)19-44-92)96-47-22-78(8)106(62-96)89-56-75(5)58-97(61-89)126(95-46-21-77(7)80(10)60-95)114-66-110(88-37-29-84(70-122)30-38-88)101-50-54-104-113(125(93-13-11-12-74(4)57-93)94-45-20-76(6)79(9)59-94)65-109(87-35-27-83(69-121)28-36-87)100-51-55-105(114)118(101)117(100)104/h11-66H,1-10H3. The first-order chi connectivity index (χ1) is 61.3. The van der Waals surface area contributed by atoms with Crippen molar-refractivity contribution in [1.82, 2.24) is 0 Å². The Balaban J connectivity index is 0.836. The first kappa shape index (κ1) is 78.2. The number of anilines is 12. The molecule has 0 N–H and O–H groups in total. The van der Waals surface area contributed by atoms with Gasteiger partial charge in [0.25, 0.3) is 0 Å². The van der Waals surface area contributed by atoms with Crippen LogP contribution in [-0.2, 0) is 0 Å². The summed E-state index contributed by atoms with van der Waals surface area (Å²) >= 11 is 0. The Morgan fingerprint density at radius 3 is 0.778 bits per heavy atom. The van der Waals surface area contributed by atoms with Crippen LogP contribution in [0.4, 0.5) is 68.2 Å². The van der Waals surface area contributed by atoms with Crippen molar-refractivity contribution < 1.29 is 0 Å². The summed E-state index contributed by atoms with van der Waals surface area (Å²) in [6.07, 6.45) is 0. The second-order valence-corrected chi connectivity index (χ2v) is 34.0. The molecule has 0 spiro atoms. The highest BCUT2D eigenvalue weighted by Crippen LogP contribution is 2.57. The maximum Gasteiger partial charge on any atom is 0.0991 e. The molecule has 0 aliphatic heterocycles. The van der Waals surface area contributed by atoms with Crippen LogP contribution < -0.4 is 19.6 Å². The molecule has 0 amide bonds. The van der Waals surface area contributed by atoms with E-state index < -0.39 is 0 Å². The smallest absolute Gasteiger partial charge is 0.0991 e. The van der Waals surface area contributed by atoms with Crippen LogP contribution in [0.5, 0.6) is 0 Å². The number of aryl methyl sites for hydroxylation is 10. The monoisotopic (exact) mass is 1610 g/mol. The molecular weight excluding hydrogens is 1530 g/mol. The van der Waals surface area contributed by atoms with E-state index in [-0.39, 0.29) is 0 Å². The average molecular weight is 1620 g/mol. The Kier molecular flexibility index (Phi) is 19.6. The lowest BCUT2D eigenvalue weighted by molar-refractivity contribution is 1.25. The molecule has 8 nitrogen and oxygen atoms in total. The van der Waals surface area contributed by atoms with Gasteiger partial charge in [-0.25, -0.2) is 0 Å². The number of nitrogens with zero attached hydrogens (tertiary/aromatic N) is 8. The molecule has 20 rings (SSSR count). The molecule has 0 aliphatic carbocycles. The molecule has 20 aromatic carbocycles. The van der Waals surface area contributed by atoms with Crippen LogP contribution in [0, 0.1) is 115 Å². The molecular formula is C118H86N8. The van der Waals surface area contributed by atoms with Crippen molar-refractivity contribution >= 4 is 133 Å². The quantitative estimate of drug-likeness (QED) is 0.0830. The minimum Gasteiger partial charge on any atom is -0.310 e. The van der Waals surface area contributed by atoms with Crippen molar-refractivity contribution in [2.24, 2.45) is 0 Å². The van der Waals surface area contributed by atoms with Crippen molar-refractivity contribution in [3.05, 3.63) is 418 Å². The maximum absolute atomic E-state index is 10.4. The van der Waals surface area contributed by atoms with Crippen molar-refractivity contribution in [3.8, 4) is 79.9 Å². The highest BCUT2D eigenvalue weighted by molar-refractivity contribution is 6.34. The average Bonchev–Trinajstić information content (AvgIpc) is 0.705. The maximum atomic E-state index is 10.4. The van der Waals surface area contributed by atoms with E-state index in [4.69, 9.17) is 0 Å². The van der Waals surface area contributed by atoms with Crippen LogP contribution in [0.3, 0.4) is 0 Å². The van der Waals surface area contributed by atoms with Gasteiger partial charge in [-0.1, -0.05) is 187 Å². The van der Waals surface area contributed by atoms with Gasteiger partial charge in [0.05, 0.1) is 69.3 Å². The third-order valence-electron chi connectivity index (χ3n) is 25.7. The summed E-state index contributed by atoms with van der Waals surface area (Å²) in [5, 5.41) is 54.1. The van der Waals surface area contributed by atoms with Gasteiger partial charge in [-0.15, -0.1) is 0 Å². The van der Waals surface area contributed by atoms with E-state index in [9.17, 15) is 21.0 Å². The molecule has 126 heavy (non-hydrogen) atoms. The highest BCUT2D eigenvalue weighted by Gasteiger charge is 2.31. The number of benzene rings is 20. The van der Waals surface area contributed by atoms with E-state index in [1.54, 1.807) is 0 Å². The predicted molar refractivity (Wildman–Crippen MR) is 526 cm³/mol. The Hall–Kier alpha value is -16.4. The third kappa shape index (κ3) is 13.7. The summed E-state index contributed by atoms with van der Waals surface area (Å²) in [5.74, 6) is 0.